The number of thiazole rings is 1. The number of methoxy groups -OCH3 is 2. The number of pyridine rings is 1. The molecule has 4 heterocycles. The maximum absolute atomic E-state index is 14.2. The number of aromatic nitrogens is 3. The largest absolute Gasteiger partial charge is 0.394 e. The molecule has 1 saturated carbocycles. The van der Waals surface area contributed by atoms with Crippen molar-refractivity contribution in [1.82, 2.24) is 30.3 Å². The molecule has 6 atom stereocenters. The molecule has 13 heteroatoms. The molecule has 3 N–H and O–H groups in total. The summed E-state index contributed by atoms with van der Waals surface area (Å²) in [5.41, 5.74) is 10.1. The predicted octanol–water partition coefficient (Wildman–Crippen LogP) is 6.48. The van der Waals surface area contributed by atoms with E-state index >= 15 is 0 Å². The van der Waals surface area contributed by atoms with E-state index in [4.69, 9.17) is 24.2 Å². The second-order valence-electron chi connectivity index (χ2n) is 15.9. The molecule has 3 aromatic heterocycles. The molecule has 2 amide bonds. The number of carbonyl (C=O) groups is 2. The van der Waals surface area contributed by atoms with Crippen molar-refractivity contribution >= 4 is 34.1 Å². The topological polar surface area (TPSA) is 140 Å². The van der Waals surface area contributed by atoms with Gasteiger partial charge >= 0.3 is 0 Å². The molecule has 55 heavy (non-hydrogen) atoms. The molecule has 1 saturated heterocycles. The number of aliphatic hydroxyl groups excluding tert-OH is 1. The number of hydrogen-bond donors (Lipinski definition) is 3. The van der Waals surface area contributed by atoms with Gasteiger partial charge in [0.2, 0.25) is 5.91 Å². The second kappa shape index (κ2) is 17.6. The number of aliphatic hydroxyl groups is 1. The van der Waals surface area contributed by atoms with Crippen LogP contribution in [0.1, 0.15) is 89.3 Å². The standard InChI is InChI=1S/C42H58N6O6S/c1-9-47-34-15-14-28(21-31(34)32(22-42(5,6)24-52-7)37(47)29-13-10-16-43-35(29)27(4)53-8)33-23-55-40(44-33)38(54-19-18-49)36(45-39(50)30-20-25(30)2)41(51)48-17-11-12-26(3)46-48/h10,13-16,21,23,25-27,30,36,38,46,49H,9,11-12,17-20,22,24H2,1-8H3,(H,45,50)/t25-,26+,27-,30-,36-,38-/m0/s1. The summed E-state index contributed by atoms with van der Waals surface area (Å²) in [6, 6.07) is 9.66. The van der Waals surface area contributed by atoms with E-state index in [1.165, 1.54) is 16.9 Å². The summed E-state index contributed by atoms with van der Waals surface area (Å²) in [5.74, 6) is -0.302. The van der Waals surface area contributed by atoms with E-state index in [9.17, 15) is 14.7 Å². The molecule has 0 bridgehead atoms. The highest BCUT2D eigenvalue weighted by atomic mass is 32.1. The van der Waals surface area contributed by atoms with E-state index in [2.05, 4.69) is 60.3 Å². The Labute approximate surface area is 328 Å². The van der Waals surface area contributed by atoms with Crippen LogP contribution in [0.5, 0.6) is 0 Å². The molecule has 298 valence electrons. The third-order valence-corrected chi connectivity index (χ3v) is 11.8. The van der Waals surface area contributed by atoms with E-state index in [0.717, 1.165) is 71.3 Å². The van der Waals surface area contributed by atoms with Crippen molar-refractivity contribution in [3.05, 3.63) is 58.2 Å². The quantitative estimate of drug-likeness (QED) is 0.110. The molecule has 1 aliphatic carbocycles. The summed E-state index contributed by atoms with van der Waals surface area (Å²) in [4.78, 5) is 37.5. The van der Waals surface area contributed by atoms with Gasteiger partial charge in [-0.25, -0.2) is 10.4 Å². The molecule has 4 aromatic rings. The van der Waals surface area contributed by atoms with E-state index < -0.39 is 12.1 Å². The molecule has 0 spiro atoms. The van der Waals surface area contributed by atoms with Crippen molar-refractivity contribution in [1.29, 1.82) is 0 Å². The van der Waals surface area contributed by atoms with Crippen LogP contribution in [-0.4, -0.2) is 89.1 Å². The van der Waals surface area contributed by atoms with Gasteiger partial charge in [-0.3, -0.25) is 19.6 Å². The van der Waals surface area contributed by atoms with E-state index in [0.29, 0.717) is 18.2 Å². The van der Waals surface area contributed by atoms with Gasteiger partial charge in [0.05, 0.1) is 43.0 Å². The molecule has 2 fully saturated rings. The van der Waals surface area contributed by atoms with Crippen molar-refractivity contribution in [2.24, 2.45) is 17.3 Å². The average Bonchev–Trinajstić information content (AvgIpc) is 3.58. The minimum atomic E-state index is -1.02. The van der Waals surface area contributed by atoms with Crippen molar-refractivity contribution in [3.8, 4) is 22.5 Å². The summed E-state index contributed by atoms with van der Waals surface area (Å²) in [6.07, 6.45) is 4.07. The highest BCUT2D eigenvalue weighted by Crippen LogP contribution is 2.42. The van der Waals surface area contributed by atoms with Crippen LogP contribution in [0.2, 0.25) is 0 Å². The molecular formula is C42H58N6O6S. The Balaban J connectivity index is 1.44. The predicted molar refractivity (Wildman–Crippen MR) is 215 cm³/mol. The van der Waals surface area contributed by atoms with Crippen LogP contribution >= 0.6 is 11.3 Å². The number of fused-ring (bicyclic) bond motifs is 1. The van der Waals surface area contributed by atoms with Gasteiger partial charge < -0.3 is 29.2 Å². The Kier molecular flexibility index (Phi) is 13.1. The monoisotopic (exact) mass is 774 g/mol. The van der Waals surface area contributed by atoms with Crippen LogP contribution in [0, 0.1) is 17.3 Å². The van der Waals surface area contributed by atoms with Gasteiger partial charge in [0.25, 0.3) is 5.91 Å². The lowest BCUT2D eigenvalue weighted by atomic mass is 9.84. The number of hydrazine groups is 1. The van der Waals surface area contributed by atoms with Crippen LogP contribution in [0.4, 0.5) is 0 Å². The lowest BCUT2D eigenvalue weighted by Crippen LogP contribution is -2.59. The zero-order chi connectivity index (χ0) is 39.4. The van der Waals surface area contributed by atoms with Crippen LogP contribution < -0.4 is 10.7 Å². The smallest absolute Gasteiger partial charge is 0.262 e. The molecular weight excluding hydrogens is 717 g/mol. The average molecular weight is 775 g/mol. The Hall–Kier alpha value is -3.72. The number of nitrogens with zero attached hydrogens (tertiary/aromatic N) is 4. The third-order valence-electron chi connectivity index (χ3n) is 10.9. The van der Waals surface area contributed by atoms with Gasteiger partial charge in [0.1, 0.15) is 17.2 Å². The third kappa shape index (κ3) is 8.97. The van der Waals surface area contributed by atoms with Crippen molar-refractivity contribution in [2.45, 2.75) is 98.1 Å². The van der Waals surface area contributed by atoms with Crippen LogP contribution in [0.15, 0.2) is 41.9 Å². The van der Waals surface area contributed by atoms with Crippen LogP contribution in [0.3, 0.4) is 0 Å². The highest BCUT2D eigenvalue weighted by Gasteiger charge is 2.44. The SMILES string of the molecule is CCn1c(-c2cccnc2[C@H](C)OC)c(CC(C)(C)COC)c2cc(-c3csc([C@@H](OCCO)[C@H](NC(=O)[C@H]4C[C@@H]4C)C(=O)N4CCC[C@@H](C)N4)n3)ccc21. The van der Waals surface area contributed by atoms with Gasteiger partial charge in [-0.2, -0.15) is 0 Å². The summed E-state index contributed by atoms with van der Waals surface area (Å²) < 4.78 is 20.1. The summed E-state index contributed by atoms with van der Waals surface area (Å²) >= 11 is 1.39. The van der Waals surface area contributed by atoms with Gasteiger partial charge in [0, 0.05) is 72.9 Å². The molecule has 6 rings (SSSR count). The van der Waals surface area contributed by atoms with E-state index in [1.54, 1.807) is 19.2 Å². The molecule has 12 nitrogen and oxygen atoms in total. The maximum Gasteiger partial charge on any atom is 0.262 e. The molecule has 1 aliphatic heterocycles. The fourth-order valence-electron chi connectivity index (χ4n) is 7.92. The summed E-state index contributed by atoms with van der Waals surface area (Å²) in [7, 11) is 3.45. The number of amides is 2. The zero-order valence-corrected chi connectivity index (χ0v) is 34.4. The Morgan fingerprint density at radius 2 is 1.98 bits per heavy atom. The van der Waals surface area contributed by atoms with Crippen molar-refractivity contribution < 1.29 is 28.9 Å². The number of carbonyl (C=O) groups excluding carboxylic acids is 2. The Bertz CT molecular complexity index is 1960. The first-order valence-electron chi connectivity index (χ1n) is 19.6. The van der Waals surface area contributed by atoms with Gasteiger partial charge in [-0.15, -0.1) is 11.3 Å². The molecule has 2 aliphatic rings. The Morgan fingerprint density at radius 1 is 1.20 bits per heavy atom. The van der Waals surface area contributed by atoms with Gasteiger partial charge in [-0.05, 0) is 87.6 Å². The zero-order valence-electron chi connectivity index (χ0n) is 33.6. The Morgan fingerprint density at radius 3 is 2.65 bits per heavy atom. The second-order valence-corrected chi connectivity index (χ2v) is 16.8. The maximum atomic E-state index is 14.2. The van der Waals surface area contributed by atoms with Crippen molar-refractivity contribution in [2.75, 3.05) is 40.6 Å². The van der Waals surface area contributed by atoms with Crippen LogP contribution in [0.25, 0.3) is 33.4 Å². The lowest BCUT2D eigenvalue weighted by molar-refractivity contribution is -0.146. The molecule has 0 unspecified atom stereocenters. The number of hydrogen-bond acceptors (Lipinski definition) is 10. The minimum Gasteiger partial charge on any atom is -0.394 e. The highest BCUT2D eigenvalue weighted by molar-refractivity contribution is 7.10. The lowest BCUT2D eigenvalue weighted by Gasteiger charge is -2.36. The van der Waals surface area contributed by atoms with Gasteiger partial charge in [-0.1, -0.05) is 26.8 Å². The molecule has 1 aromatic carbocycles. The molecule has 0 radical (unpaired) electrons. The van der Waals surface area contributed by atoms with Crippen LogP contribution in [-0.2, 0) is 36.8 Å². The number of aryl methyl sites for hydroxylation is 1. The number of rotatable bonds is 17. The number of nitrogens with one attached hydrogen (secondary N) is 2. The fourth-order valence-corrected chi connectivity index (χ4v) is 8.83. The normalized spacial score (nSPS) is 20.4. The van der Waals surface area contributed by atoms with E-state index in [1.807, 2.05) is 38.4 Å². The number of benzene rings is 1. The first kappa shape index (κ1) is 40.9. The minimum absolute atomic E-state index is 0.0131. The van der Waals surface area contributed by atoms with Gasteiger partial charge in [0.15, 0.2) is 0 Å². The first-order chi connectivity index (χ1) is 26.4. The summed E-state index contributed by atoms with van der Waals surface area (Å²) in [5, 5.41) is 18.1. The van der Waals surface area contributed by atoms with E-state index in [-0.39, 0.29) is 54.4 Å². The van der Waals surface area contributed by atoms with Crippen molar-refractivity contribution in [3.63, 3.8) is 0 Å². The number of ether oxygens (including phenoxy) is 3. The fraction of sp³-hybridized carbons (Fsp3) is 0.571. The first-order valence-corrected chi connectivity index (χ1v) is 20.5. The summed E-state index contributed by atoms with van der Waals surface area (Å²) in [6.45, 7) is 14.3.